The Balaban J connectivity index is 1.84. The summed E-state index contributed by atoms with van der Waals surface area (Å²) >= 11 is 0. The number of aromatic nitrogens is 2. The topological polar surface area (TPSA) is 85.4 Å². The maximum Gasteiger partial charge on any atom is 0.274 e. The molecule has 1 heterocycles. The number of ether oxygens (including phenoxy) is 2. The van der Waals surface area contributed by atoms with Gasteiger partial charge in [-0.2, -0.15) is 0 Å². The number of nitrogens with one attached hydrogen (secondary N) is 2. The van der Waals surface area contributed by atoms with E-state index < -0.39 is 0 Å². The molecule has 2 N–H and O–H groups in total. The lowest BCUT2D eigenvalue weighted by atomic mass is 10.2. The molecule has 29 heavy (non-hydrogen) atoms. The van der Waals surface area contributed by atoms with Gasteiger partial charge >= 0.3 is 0 Å². The first-order valence-electron chi connectivity index (χ1n) is 9.29. The van der Waals surface area contributed by atoms with Gasteiger partial charge in [0.1, 0.15) is 17.2 Å². The molecule has 0 saturated carbocycles. The van der Waals surface area contributed by atoms with E-state index in [4.69, 9.17) is 9.47 Å². The first-order chi connectivity index (χ1) is 14.0. The van der Waals surface area contributed by atoms with Crippen molar-refractivity contribution in [1.82, 2.24) is 9.97 Å². The third-order valence-electron chi connectivity index (χ3n) is 3.94. The van der Waals surface area contributed by atoms with E-state index in [-0.39, 0.29) is 17.7 Å². The summed E-state index contributed by atoms with van der Waals surface area (Å²) in [6, 6.07) is 16.4. The normalized spacial score (nSPS) is 10.5. The molecule has 0 saturated heterocycles. The summed E-state index contributed by atoms with van der Waals surface area (Å²) in [5.74, 6) is 1.22. The van der Waals surface area contributed by atoms with Gasteiger partial charge < -0.3 is 20.1 Å². The number of benzene rings is 2. The number of para-hydroxylation sites is 4. The third-order valence-corrected chi connectivity index (χ3v) is 3.94. The highest BCUT2D eigenvalue weighted by Gasteiger charge is 2.14. The molecule has 0 aliphatic heterocycles. The zero-order chi connectivity index (χ0) is 20.8. The molecule has 7 heteroatoms. The molecule has 3 rings (SSSR count). The Hall–Kier alpha value is -3.61. The molecule has 0 atom stereocenters. The van der Waals surface area contributed by atoms with E-state index in [9.17, 15) is 4.79 Å². The molecule has 0 spiro atoms. The number of hydrogen-bond donors (Lipinski definition) is 2. The second kappa shape index (κ2) is 9.05. The predicted molar refractivity (Wildman–Crippen MR) is 113 cm³/mol. The summed E-state index contributed by atoms with van der Waals surface area (Å²) in [5, 5.41) is 5.98. The first kappa shape index (κ1) is 20.1. The van der Waals surface area contributed by atoms with Crippen LogP contribution in [0.15, 0.2) is 54.6 Å². The molecule has 0 radical (unpaired) electrons. The van der Waals surface area contributed by atoms with E-state index in [1.165, 1.54) is 0 Å². The molecule has 0 unspecified atom stereocenters. The van der Waals surface area contributed by atoms with Crippen molar-refractivity contribution in [3.8, 4) is 11.5 Å². The van der Waals surface area contributed by atoms with E-state index in [1.807, 2.05) is 63.2 Å². The van der Waals surface area contributed by atoms with Crippen molar-refractivity contribution >= 4 is 23.2 Å². The van der Waals surface area contributed by atoms with Crippen molar-refractivity contribution in [1.29, 1.82) is 0 Å². The fourth-order valence-electron chi connectivity index (χ4n) is 2.72. The Kier molecular flexibility index (Phi) is 6.29. The van der Waals surface area contributed by atoms with Crippen molar-refractivity contribution < 1.29 is 14.3 Å². The van der Waals surface area contributed by atoms with Gasteiger partial charge in [-0.1, -0.05) is 24.3 Å². The molecule has 2 aromatic carbocycles. The fourth-order valence-corrected chi connectivity index (χ4v) is 2.72. The number of methoxy groups -OCH3 is 1. The van der Waals surface area contributed by atoms with Crippen LogP contribution in [-0.4, -0.2) is 29.1 Å². The quantitative estimate of drug-likeness (QED) is 0.612. The van der Waals surface area contributed by atoms with Crippen LogP contribution in [0.25, 0.3) is 0 Å². The summed E-state index contributed by atoms with van der Waals surface area (Å²) in [5.41, 5.74) is 2.20. The third kappa shape index (κ3) is 5.22. The molecule has 0 aliphatic carbocycles. The van der Waals surface area contributed by atoms with Crippen molar-refractivity contribution in [3.63, 3.8) is 0 Å². The van der Waals surface area contributed by atoms with Crippen LogP contribution in [0.5, 0.6) is 11.5 Å². The van der Waals surface area contributed by atoms with Crippen LogP contribution in [0.4, 0.5) is 17.3 Å². The molecule has 7 nitrogen and oxygen atoms in total. The van der Waals surface area contributed by atoms with Gasteiger partial charge in [0.05, 0.1) is 24.6 Å². The molecule has 1 aromatic heterocycles. The van der Waals surface area contributed by atoms with Gasteiger partial charge in [0.2, 0.25) is 5.95 Å². The van der Waals surface area contributed by atoms with Crippen molar-refractivity contribution in [2.75, 3.05) is 17.7 Å². The molecular weight excluding hydrogens is 368 g/mol. The zero-order valence-electron chi connectivity index (χ0n) is 16.9. The van der Waals surface area contributed by atoms with E-state index in [2.05, 4.69) is 20.6 Å². The fraction of sp³-hybridized carbons (Fsp3) is 0.227. The summed E-state index contributed by atoms with van der Waals surface area (Å²) in [6.07, 6.45) is -0.00833. The monoisotopic (exact) mass is 392 g/mol. The van der Waals surface area contributed by atoms with Gasteiger partial charge in [-0.3, -0.25) is 4.79 Å². The van der Waals surface area contributed by atoms with Gasteiger partial charge in [-0.05, 0) is 51.1 Å². The largest absolute Gasteiger partial charge is 0.495 e. The van der Waals surface area contributed by atoms with Crippen LogP contribution >= 0.6 is 0 Å². The van der Waals surface area contributed by atoms with Crippen molar-refractivity contribution in [2.24, 2.45) is 0 Å². The maximum absolute atomic E-state index is 12.8. The first-order valence-corrected chi connectivity index (χ1v) is 9.29. The van der Waals surface area contributed by atoms with Gasteiger partial charge in [0.25, 0.3) is 5.91 Å². The Labute approximate surface area is 170 Å². The van der Waals surface area contributed by atoms with Gasteiger partial charge in [0, 0.05) is 5.69 Å². The van der Waals surface area contributed by atoms with Crippen LogP contribution < -0.4 is 20.1 Å². The zero-order valence-corrected chi connectivity index (χ0v) is 16.9. The molecule has 1 amide bonds. The minimum atomic E-state index is -0.349. The van der Waals surface area contributed by atoms with E-state index in [1.54, 1.807) is 19.2 Å². The number of hydrogen-bond acceptors (Lipinski definition) is 6. The van der Waals surface area contributed by atoms with E-state index >= 15 is 0 Å². The van der Waals surface area contributed by atoms with E-state index in [0.29, 0.717) is 34.5 Å². The van der Waals surface area contributed by atoms with Crippen LogP contribution in [-0.2, 0) is 0 Å². The minimum absolute atomic E-state index is 0.00833. The lowest BCUT2D eigenvalue weighted by Gasteiger charge is -2.15. The Morgan fingerprint density at radius 1 is 0.966 bits per heavy atom. The van der Waals surface area contributed by atoms with Crippen LogP contribution in [0.3, 0.4) is 0 Å². The Bertz CT molecular complexity index is 1000. The summed E-state index contributed by atoms with van der Waals surface area (Å²) in [4.78, 5) is 21.6. The van der Waals surface area contributed by atoms with Crippen LogP contribution in [0, 0.1) is 6.92 Å². The van der Waals surface area contributed by atoms with Gasteiger partial charge in [-0.15, -0.1) is 0 Å². The number of rotatable bonds is 7. The highest BCUT2D eigenvalue weighted by Crippen LogP contribution is 2.27. The van der Waals surface area contributed by atoms with E-state index in [0.717, 1.165) is 0 Å². The molecule has 150 valence electrons. The maximum atomic E-state index is 12.8. The second-order valence-corrected chi connectivity index (χ2v) is 6.66. The predicted octanol–water partition coefficient (Wildman–Crippen LogP) is 4.58. The minimum Gasteiger partial charge on any atom is -0.495 e. The highest BCUT2D eigenvalue weighted by atomic mass is 16.5. The number of carbonyl (C=O) groups is 1. The molecular formula is C22H24N4O3. The molecule has 0 bridgehead atoms. The number of aryl methyl sites for hydroxylation is 1. The Morgan fingerprint density at radius 3 is 2.31 bits per heavy atom. The summed E-state index contributed by atoms with van der Waals surface area (Å²) in [7, 11) is 1.59. The number of anilines is 3. The van der Waals surface area contributed by atoms with Gasteiger partial charge in [0.15, 0.2) is 0 Å². The average molecular weight is 392 g/mol. The summed E-state index contributed by atoms with van der Waals surface area (Å²) in [6.45, 7) is 5.67. The molecule has 3 aromatic rings. The standard InChI is InChI=1S/C22H24N4O3/c1-14(2)29-20-12-8-6-10-17(20)24-21(27)18-13-15(3)23-22(26-18)25-16-9-5-7-11-19(16)28-4/h5-14H,1-4H3,(H,24,27)(H,23,25,26). The van der Waals surface area contributed by atoms with Crippen LogP contribution in [0.2, 0.25) is 0 Å². The summed E-state index contributed by atoms with van der Waals surface area (Å²) < 4.78 is 11.1. The lowest BCUT2D eigenvalue weighted by molar-refractivity contribution is 0.102. The molecule has 0 aliphatic rings. The van der Waals surface area contributed by atoms with Gasteiger partial charge in [-0.25, -0.2) is 9.97 Å². The van der Waals surface area contributed by atoms with Crippen molar-refractivity contribution in [3.05, 3.63) is 66.0 Å². The highest BCUT2D eigenvalue weighted by molar-refractivity contribution is 6.04. The SMILES string of the molecule is COc1ccccc1Nc1nc(C)cc(C(=O)Nc2ccccc2OC(C)C)n1. The number of amides is 1. The van der Waals surface area contributed by atoms with Crippen molar-refractivity contribution in [2.45, 2.75) is 26.9 Å². The number of nitrogens with zero attached hydrogens (tertiary/aromatic N) is 2. The average Bonchev–Trinajstić information content (AvgIpc) is 2.69. The Morgan fingerprint density at radius 2 is 1.62 bits per heavy atom. The lowest BCUT2D eigenvalue weighted by Crippen LogP contribution is -2.17. The van der Waals surface area contributed by atoms with Crippen LogP contribution in [0.1, 0.15) is 30.0 Å². The second-order valence-electron chi connectivity index (χ2n) is 6.66. The molecule has 0 fully saturated rings. The smallest absolute Gasteiger partial charge is 0.274 e. The number of carbonyl (C=O) groups excluding carboxylic acids is 1.